The standard InChI is InChI=1S/C21H40O6/c1-12(2)11-13(3)16-14(4)18(27-20(6,7)26-16)21(8,23)17(22)15(5)19(24-9)25-10/h11,13-19,22-23H,1-10H3/t13-,14+,15-,16-,17-,18-,21-/m0/s1. The zero-order valence-electron chi connectivity index (χ0n) is 18.6. The molecule has 1 fully saturated rings. The van der Waals surface area contributed by atoms with Gasteiger partial charge in [0.15, 0.2) is 12.1 Å². The Hall–Kier alpha value is -0.500. The van der Waals surface area contributed by atoms with E-state index in [2.05, 4.69) is 26.8 Å². The van der Waals surface area contributed by atoms with Gasteiger partial charge < -0.3 is 29.2 Å². The first-order valence-corrected chi connectivity index (χ1v) is 9.75. The lowest BCUT2D eigenvalue weighted by Crippen LogP contribution is -2.64. The maximum atomic E-state index is 11.3. The molecule has 7 atom stereocenters. The molecule has 0 unspecified atom stereocenters. The van der Waals surface area contributed by atoms with Gasteiger partial charge in [0, 0.05) is 32.0 Å². The van der Waals surface area contributed by atoms with Gasteiger partial charge in [-0.2, -0.15) is 0 Å². The van der Waals surface area contributed by atoms with Gasteiger partial charge in [-0.3, -0.25) is 0 Å². The van der Waals surface area contributed by atoms with Crippen LogP contribution in [0.4, 0.5) is 0 Å². The number of rotatable bonds is 8. The zero-order valence-corrected chi connectivity index (χ0v) is 18.6. The normalized spacial score (nSPS) is 31.1. The average molecular weight is 389 g/mol. The van der Waals surface area contributed by atoms with Gasteiger partial charge in [0.2, 0.25) is 0 Å². The Morgan fingerprint density at radius 1 is 1.15 bits per heavy atom. The van der Waals surface area contributed by atoms with Crippen molar-refractivity contribution in [3.05, 3.63) is 11.6 Å². The van der Waals surface area contributed by atoms with Gasteiger partial charge in [-0.15, -0.1) is 0 Å². The second-order valence-corrected chi connectivity index (χ2v) is 8.85. The molecule has 0 aromatic rings. The summed E-state index contributed by atoms with van der Waals surface area (Å²) in [6.07, 6.45) is -0.341. The summed E-state index contributed by atoms with van der Waals surface area (Å²) in [5.74, 6) is -1.32. The summed E-state index contributed by atoms with van der Waals surface area (Å²) in [5.41, 5.74) is -0.305. The Morgan fingerprint density at radius 2 is 1.67 bits per heavy atom. The molecule has 1 aliphatic heterocycles. The van der Waals surface area contributed by atoms with Crippen LogP contribution in [0.15, 0.2) is 11.6 Å². The first-order valence-electron chi connectivity index (χ1n) is 9.75. The van der Waals surface area contributed by atoms with Crippen molar-refractivity contribution in [3.8, 4) is 0 Å². The van der Waals surface area contributed by atoms with Gasteiger partial charge in [-0.1, -0.05) is 32.4 Å². The quantitative estimate of drug-likeness (QED) is 0.491. The number of aliphatic hydroxyl groups is 2. The van der Waals surface area contributed by atoms with Crippen LogP contribution in [-0.4, -0.2) is 60.4 Å². The summed E-state index contributed by atoms with van der Waals surface area (Å²) in [4.78, 5) is 0. The fraction of sp³-hybridized carbons (Fsp3) is 0.905. The zero-order chi connectivity index (χ0) is 21.2. The third kappa shape index (κ3) is 5.75. The van der Waals surface area contributed by atoms with E-state index in [1.54, 1.807) is 13.8 Å². The summed E-state index contributed by atoms with van der Waals surface area (Å²) in [6, 6.07) is 0. The van der Waals surface area contributed by atoms with E-state index >= 15 is 0 Å². The van der Waals surface area contributed by atoms with E-state index in [-0.39, 0.29) is 17.9 Å². The highest BCUT2D eigenvalue weighted by molar-refractivity contribution is 5.05. The maximum Gasteiger partial charge on any atom is 0.163 e. The molecule has 0 saturated carbocycles. The number of hydrogen-bond acceptors (Lipinski definition) is 6. The summed E-state index contributed by atoms with van der Waals surface area (Å²) >= 11 is 0. The second kappa shape index (κ2) is 9.33. The van der Waals surface area contributed by atoms with Crippen molar-refractivity contribution in [2.24, 2.45) is 17.8 Å². The first-order chi connectivity index (χ1) is 12.3. The Kier molecular flexibility index (Phi) is 8.48. The Morgan fingerprint density at radius 3 is 2.11 bits per heavy atom. The molecular weight excluding hydrogens is 348 g/mol. The van der Waals surface area contributed by atoms with Crippen LogP contribution in [0.1, 0.15) is 55.4 Å². The Bertz CT molecular complexity index is 493. The second-order valence-electron chi connectivity index (χ2n) is 8.85. The van der Waals surface area contributed by atoms with Crippen LogP contribution in [0.3, 0.4) is 0 Å². The molecular formula is C21H40O6. The molecule has 0 amide bonds. The van der Waals surface area contributed by atoms with Crippen molar-refractivity contribution in [3.63, 3.8) is 0 Å². The summed E-state index contributed by atoms with van der Waals surface area (Å²) in [5, 5.41) is 22.3. The molecule has 2 N–H and O–H groups in total. The minimum atomic E-state index is -1.52. The van der Waals surface area contributed by atoms with Crippen LogP contribution in [0.25, 0.3) is 0 Å². The fourth-order valence-electron chi connectivity index (χ4n) is 4.28. The van der Waals surface area contributed by atoms with Crippen LogP contribution in [0.5, 0.6) is 0 Å². The van der Waals surface area contributed by atoms with Crippen LogP contribution >= 0.6 is 0 Å². The summed E-state index contributed by atoms with van der Waals surface area (Å²) < 4.78 is 22.9. The van der Waals surface area contributed by atoms with E-state index < -0.39 is 35.8 Å². The van der Waals surface area contributed by atoms with Gasteiger partial charge >= 0.3 is 0 Å². The smallest absolute Gasteiger partial charge is 0.163 e. The highest BCUT2D eigenvalue weighted by Crippen LogP contribution is 2.41. The average Bonchev–Trinajstić information content (AvgIpc) is 2.55. The minimum Gasteiger partial charge on any atom is -0.390 e. The van der Waals surface area contributed by atoms with E-state index in [0.717, 1.165) is 0 Å². The molecule has 6 nitrogen and oxygen atoms in total. The van der Waals surface area contributed by atoms with Crippen molar-refractivity contribution in [2.75, 3.05) is 14.2 Å². The van der Waals surface area contributed by atoms with E-state index in [1.807, 2.05) is 20.8 Å². The number of hydrogen-bond donors (Lipinski definition) is 2. The summed E-state index contributed by atoms with van der Waals surface area (Å²) in [6.45, 7) is 15.3. The van der Waals surface area contributed by atoms with Crippen molar-refractivity contribution >= 4 is 0 Å². The van der Waals surface area contributed by atoms with E-state index in [9.17, 15) is 10.2 Å². The topological polar surface area (TPSA) is 77.4 Å². The van der Waals surface area contributed by atoms with Gasteiger partial charge in [0.25, 0.3) is 0 Å². The maximum absolute atomic E-state index is 11.3. The van der Waals surface area contributed by atoms with Crippen LogP contribution in [-0.2, 0) is 18.9 Å². The minimum absolute atomic E-state index is 0.135. The van der Waals surface area contributed by atoms with Crippen molar-refractivity contribution in [1.82, 2.24) is 0 Å². The third-order valence-corrected chi connectivity index (χ3v) is 5.51. The SMILES string of the molecule is COC(OC)[C@@H](C)[C@H](O)[C@](C)(O)[C@H]1OC(C)(C)O[C@@H]([C@@H](C)C=C(C)C)[C@H]1C. The number of aliphatic hydroxyl groups excluding tert-OH is 1. The monoisotopic (exact) mass is 388 g/mol. The fourth-order valence-corrected chi connectivity index (χ4v) is 4.28. The molecule has 1 rings (SSSR count). The lowest BCUT2D eigenvalue weighted by Gasteiger charge is -2.52. The number of allylic oxidation sites excluding steroid dienone is 1. The predicted octanol–water partition coefficient (Wildman–Crippen LogP) is 3.11. The van der Waals surface area contributed by atoms with Crippen LogP contribution in [0.2, 0.25) is 0 Å². The molecule has 160 valence electrons. The van der Waals surface area contributed by atoms with Crippen molar-refractivity contribution in [2.45, 2.75) is 91.4 Å². The highest BCUT2D eigenvalue weighted by atomic mass is 16.7. The van der Waals surface area contributed by atoms with Crippen molar-refractivity contribution < 1.29 is 29.2 Å². The molecule has 27 heavy (non-hydrogen) atoms. The molecule has 1 saturated heterocycles. The van der Waals surface area contributed by atoms with E-state index in [1.165, 1.54) is 19.8 Å². The lowest BCUT2D eigenvalue weighted by molar-refractivity contribution is -0.359. The number of methoxy groups -OCH3 is 2. The highest BCUT2D eigenvalue weighted by Gasteiger charge is 2.53. The first kappa shape index (κ1) is 24.5. The Labute approximate surface area is 164 Å². The summed E-state index contributed by atoms with van der Waals surface area (Å²) in [7, 11) is 3.03. The molecule has 1 heterocycles. The predicted molar refractivity (Wildman–Crippen MR) is 105 cm³/mol. The van der Waals surface area contributed by atoms with Gasteiger partial charge in [-0.25, -0.2) is 0 Å². The van der Waals surface area contributed by atoms with Crippen molar-refractivity contribution in [1.29, 1.82) is 0 Å². The van der Waals surface area contributed by atoms with Crippen LogP contribution in [0, 0.1) is 17.8 Å². The molecule has 0 bridgehead atoms. The molecule has 6 heteroatoms. The van der Waals surface area contributed by atoms with E-state index in [4.69, 9.17) is 18.9 Å². The van der Waals surface area contributed by atoms with Crippen LogP contribution < -0.4 is 0 Å². The molecule has 1 aliphatic rings. The van der Waals surface area contributed by atoms with Gasteiger partial charge in [-0.05, 0) is 34.6 Å². The molecule has 0 aliphatic carbocycles. The van der Waals surface area contributed by atoms with Gasteiger partial charge in [0.1, 0.15) is 5.60 Å². The largest absolute Gasteiger partial charge is 0.390 e. The third-order valence-electron chi connectivity index (χ3n) is 5.51. The number of ether oxygens (including phenoxy) is 4. The lowest BCUT2D eigenvalue weighted by atomic mass is 9.75. The molecule has 0 aromatic heterocycles. The molecule has 0 spiro atoms. The molecule has 0 radical (unpaired) electrons. The van der Waals surface area contributed by atoms with Gasteiger partial charge in [0.05, 0.1) is 18.3 Å². The molecule has 0 aromatic carbocycles. The van der Waals surface area contributed by atoms with E-state index in [0.29, 0.717) is 0 Å². The Balaban J connectivity index is 3.17.